The molecule has 2 aromatic rings. The molecular weight excluding hydrogens is 250 g/mol. The fourth-order valence-electron chi connectivity index (χ4n) is 2.31. The molecule has 20 heavy (non-hydrogen) atoms. The molecule has 1 heterocycles. The van der Waals surface area contributed by atoms with E-state index in [1.165, 1.54) is 11.1 Å². The van der Waals surface area contributed by atoms with E-state index in [0.29, 0.717) is 6.61 Å². The van der Waals surface area contributed by atoms with Gasteiger partial charge in [0.05, 0.1) is 6.61 Å². The molecule has 3 heteroatoms. The zero-order valence-corrected chi connectivity index (χ0v) is 11.4. The number of benzene rings is 2. The van der Waals surface area contributed by atoms with Gasteiger partial charge in [-0.1, -0.05) is 42.5 Å². The third kappa shape index (κ3) is 3.38. The van der Waals surface area contributed by atoms with Crippen molar-refractivity contribution in [3.63, 3.8) is 0 Å². The van der Waals surface area contributed by atoms with Crippen molar-refractivity contribution in [2.45, 2.75) is 6.10 Å². The predicted molar refractivity (Wildman–Crippen MR) is 80.0 cm³/mol. The average molecular weight is 269 g/mol. The lowest BCUT2D eigenvalue weighted by Crippen LogP contribution is -2.41. The second kappa shape index (κ2) is 6.55. The quantitative estimate of drug-likeness (QED) is 0.925. The smallest absolute Gasteiger partial charge is 0.120 e. The van der Waals surface area contributed by atoms with Gasteiger partial charge in [-0.2, -0.15) is 0 Å². The van der Waals surface area contributed by atoms with E-state index >= 15 is 0 Å². The summed E-state index contributed by atoms with van der Waals surface area (Å²) in [5.41, 5.74) is 2.37. The Morgan fingerprint density at radius 3 is 2.70 bits per heavy atom. The van der Waals surface area contributed by atoms with E-state index in [2.05, 4.69) is 29.6 Å². The highest BCUT2D eigenvalue weighted by Gasteiger charge is 2.13. The van der Waals surface area contributed by atoms with Crippen LogP contribution in [0.4, 0.5) is 0 Å². The summed E-state index contributed by atoms with van der Waals surface area (Å²) in [7, 11) is 0. The van der Waals surface area contributed by atoms with Gasteiger partial charge in [-0.3, -0.25) is 0 Å². The van der Waals surface area contributed by atoms with Crippen LogP contribution in [0.3, 0.4) is 0 Å². The molecule has 0 amide bonds. The minimum Gasteiger partial charge on any atom is -0.491 e. The maximum atomic E-state index is 5.84. The molecule has 1 aliphatic heterocycles. The topological polar surface area (TPSA) is 30.5 Å². The van der Waals surface area contributed by atoms with Crippen LogP contribution in [-0.2, 0) is 4.74 Å². The minimum atomic E-state index is 0.143. The Morgan fingerprint density at radius 1 is 1.05 bits per heavy atom. The highest BCUT2D eigenvalue weighted by molar-refractivity contribution is 5.64. The summed E-state index contributed by atoms with van der Waals surface area (Å²) in [4.78, 5) is 0. The lowest BCUT2D eigenvalue weighted by atomic mass is 10.1. The van der Waals surface area contributed by atoms with E-state index in [0.717, 1.165) is 25.4 Å². The van der Waals surface area contributed by atoms with Crippen LogP contribution in [0.5, 0.6) is 5.75 Å². The van der Waals surface area contributed by atoms with Crippen molar-refractivity contribution in [3.8, 4) is 16.9 Å². The third-order valence-corrected chi connectivity index (χ3v) is 3.38. The monoisotopic (exact) mass is 269 g/mol. The van der Waals surface area contributed by atoms with Gasteiger partial charge in [0.25, 0.3) is 0 Å². The molecule has 0 radical (unpaired) electrons. The molecular formula is C17H19NO2. The van der Waals surface area contributed by atoms with Crippen molar-refractivity contribution in [1.82, 2.24) is 5.32 Å². The largest absolute Gasteiger partial charge is 0.491 e. The lowest BCUT2D eigenvalue weighted by molar-refractivity contribution is 0.000205. The van der Waals surface area contributed by atoms with E-state index in [4.69, 9.17) is 9.47 Å². The van der Waals surface area contributed by atoms with Crippen molar-refractivity contribution in [2.75, 3.05) is 26.3 Å². The molecule has 0 aliphatic carbocycles. The van der Waals surface area contributed by atoms with Gasteiger partial charge in [0.1, 0.15) is 18.5 Å². The van der Waals surface area contributed by atoms with Crippen LogP contribution in [0.1, 0.15) is 0 Å². The normalized spacial score (nSPS) is 18.7. The van der Waals surface area contributed by atoms with Gasteiger partial charge in [0.15, 0.2) is 0 Å². The summed E-state index contributed by atoms with van der Waals surface area (Å²) >= 11 is 0. The number of rotatable bonds is 4. The maximum Gasteiger partial charge on any atom is 0.120 e. The first-order valence-electron chi connectivity index (χ1n) is 7.02. The van der Waals surface area contributed by atoms with Crippen LogP contribution in [-0.4, -0.2) is 32.4 Å². The summed E-state index contributed by atoms with van der Waals surface area (Å²) in [5, 5.41) is 3.30. The second-order valence-corrected chi connectivity index (χ2v) is 4.90. The molecule has 104 valence electrons. The summed E-state index contributed by atoms with van der Waals surface area (Å²) in [5.74, 6) is 0.889. The molecule has 1 saturated heterocycles. The van der Waals surface area contributed by atoms with Crippen molar-refractivity contribution in [3.05, 3.63) is 54.6 Å². The maximum absolute atomic E-state index is 5.84. The van der Waals surface area contributed by atoms with E-state index in [1.54, 1.807) is 0 Å². The Bertz CT molecular complexity index is 536. The highest BCUT2D eigenvalue weighted by atomic mass is 16.5. The number of ether oxygens (including phenoxy) is 2. The molecule has 1 aliphatic rings. The van der Waals surface area contributed by atoms with Gasteiger partial charge in [-0.25, -0.2) is 0 Å². The van der Waals surface area contributed by atoms with Gasteiger partial charge in [0, 0.05) is 13.1 Å². The zero-order valence-electron chi connectivity index (χ0n) is 11.4. The molecule has 0 saturated carbocycles. The van der Waals surface area contributed by atoms with Crippen LogP contribution in [0.25, 0.3) is 11.1 Å². The first-order chi connectivity index (χ1) is 9.92. The van der Waals surface area contributed by atoms with Crippen molar-refractivity contribution < 1.29 is 9.47 Å². The Labute approximate surface area is 119 Å². The van der Waals surface area contributed by atoms with Gasteiger partial charge in [-0.05, 0) is 23.3 Å². The number of hydrogen-bond acceptors (Lipinski definition) is 3. The van der Waals surface area contributed by atoms with Crippen LogP contribution in [0, 0.1) is 0 Å². The van der Waals surface area contributed by atoms with E-state index in [-0.39, 0.29) is 6.10 Å². The Morgan fingerprint density at radius 2 is 1.90 bits per heavy atom. The summed E-state index contributed by atoms with van der Waals surface area (Å²) in [6, 6.07) is 18.5. The first kappa shape index (κ1) is 13.2. The fraction of sp³-hybridized carbons (Fsp3) is 0.294. The van der Waals surface area contributed by atoms with Crippen LogP contribution < -0.4 is 10.1 Å². The lowest BCUT2D eigenvalue weighted by Gasteiger charge is -2.23. The fourth-order valence-corrected chi connectivity index (χ4v) is 2.31. The highest BCUT2D eigenvalue weighted by Crippen LogP contribution is 2.23. The molecule has 0 unspecified atom stereocenters. The second-order valence-electron chi connectivity index (χ2n) is 4.90. The van der Waals surface area contributed by atoms with Gasteiger partial charge >= 0.3 is 0 Å². The summed E-state index contributed by atoms with van der Waals surface area (Å²) < 4.78 is 11.5. The predicted octanol–water partition coefficient (Wildman–Crippen LogP) is 2.72. The van der Waals surface area contributed by atoms with E-state index < -0.39 is 0 Å². The van der Waals surface area contributed by atoms with Gasteiger partial charge in [-0.15, -0.1) is 0 Å². The average Bonchev–Trinajstić information content (AvgIpc) is 2.55. The standard InChI is InChI=1S/C17H19NO2/c1-2-5-14(6-3-1)15-7-4-8-16(11-15)20-13-17-12-18-9-10-19-17/h1-8,11,17-18H,9-10,12-13H2/t17-/m0/s1. The molecule has 3 nitrogen and oxygen atoms in total. The molecule has 1 atom stereocenters. The Kier molecular flexibility index (Phi) is 4.31. The summed E-state index contributed by atoms with van der Waals surface area (Å²) in [6.45, 7) is 3.14. The molecule has 3 rings (SSSR count). The van der Waals surface area contributed by atoms with Gasteiger partial charge in [0.2, 0.25) is 0 Å². The zero-order chi connectivity index (χ0) is 13.6. The van der Waals surface area contributed by atoms with Crippen molar-refractivity contribution in [2.24, 2.45) is 0 Å². The molecule has 1 N–H and O–H groups in total. The van der Waals surface area contributed by atoms with Gasteiger partial charge < -0.3 is 14.8 Å². The Balaban J connectivity index is 1.65. The van der Waals surface area contributed by atoms with E-state index in [9.17, 15) is 0 Å². The number of morpholine rings is 1. The molecule has 0 bridgehead atoms. The van der Waals surface area contributed by atoms with Crippen LogP contribution in [0.15, 0.2) is 54.6 Å². The molecule has 1 fully saturated rings. The number of nitrogens with one attached hydrogen (secondary N) is 1. The molecule has 0 aromatic heterocycles. The molecule has 2 aromatic carbocycles. The first-order valence-corrected chi connectivity index (χ1v) is 7.02. The minimum absolute atomic E-state index is 0.143. The molecule has 0 spiro atoms. The summed E-state index contributed by atoms with van der Waals surface area (Å²) in [6.07, 6.45) is 0.143. The van der Waals surface area contributed by atoms with Crippen molar-refractivity contribution >= 4 is 0 Å². The number of hydrogen-bond donors (Lipinski definition) is 1. The van der Waals surface area contributed by atoms with E-state index in [1.807, 2.05) is 30.3 Å². The Hall–Kier alpha value is -1.84. The van der Waals surface area contributed by atoms with Crippen LogP contribution in [0.2, 0.25) is 0 Å². The third-order valence-electron chi connectivity index (χ3n) is 3.38. The SMILES string of the molecule is c1ccc(-c2cccc(OC[C@@H]3CNCCO3)c2)cc1. The van der Waals surface area contributed by atoms with Crippen LogP contribution >= 0.6 is 0 Å². The van der Waals surface area contributed by atoms with Crippen molar-refractivity contribution in [1.29, 1.82) is 0 Å².